The number of esters is 1. The van der Waals surface area contributed by atoms with E-state index < -0.39 is 5.60 Å². The molecule has 2 unspecified atom stereocenters. The number of hydrogen-bond acceptors (Lipinski definition) is 5. The van der Waals surface area contributed by atoms with Gasteiger partial charge in [0.2, 0.25) is 0 Å². The monoisotopic (exact) mass is 382 g/mol. The molecule has 2 aromatic rings. The summed E-state index contributed by atoms with van der Waals surface area (Å²) in [6.07, 6.45) is 7.86. The zero-order valence-corrected chi connectivity index (χ0v) is 16.2. The van der Waals surface area contributed by atoms with Crippen molar-refractivity contribution in [2.24, 2.45) is 17.3 Å². The Labute approximate surface area is 163 Å². The smallest absolute Gasteiger partial charge is 0.306 e. The zero-order chi connectivity index (χ0) is 19.5. The maximum Gasteiger partial charge on any atom is 0.306 e. The third-order valence-electron chi connectivity index (χ3n) is 6.91. The van der Waals surface area contributed by atoms with Gasteiger partial charge in [0.05, 0.1) is 17.7 Å². The van der Waals surface area contributed by atoms with E-state index in [9.17, 15) is 14.7 Å². The minimum Gasteiger partial charge on any atom is -0.459 e. The fraction of sp³-hybridized carbons (Fsp3) is 0.591. The molecule has 0 aromatic carbocycles. The molecular formula is C22H26N2O4. The van der Waals surface area contributed by atoms with Crippen molar-refractivity contribution in [1.82, 2.24) is 9.38 Å². The van der Waals surface area contributed by atoms with Gasteiger partial charge in [-0.2, -0.15) is 0 Å². The maximum absolute atomic E-state index is 12.6. The van der Waals surface area contributed by atoms with Crippen LogP contribution in [0.15, 0.2) is 29.2 Å². The third kappa shape index (κ3) is 3.13. The van der Waals surface area contributed by atoms with Crippen molar-refractivity contribution in [3.05, 3.63) is 46.0 Å². The van der Waals surface area contributed by atoms with Crippen molar-refractivity contribution in [3.63, 3.8) is 0 Å². The molecular weight excluding hydrogens is 356 g/mol. The molecule has 0 aliphatic heterocycles. The quantitative estimate of drug-likeness (QED) is 0.823. The van der Waals surface area contributed by atoms with Gasteiger partial charge in [0, 0.05) is 12.3 Å². The number of aryl methyl sites for hydroxylation is 1. The molecule has 28 heavy (non-hydrogen) atoms. The molecule has 6 nitrogen and oxygen atoms in total. The second kappa shape index (κ2) is 6.14. The minimum atomic E-state index is -0.572. The SMILES string of the molecule is Cc1ccc2nc(COC(=O)CC34C[C@@H]5C[C@@H](CC(O)(C5)C3)C4)cc(=O)n2c1. The second-order valence-electron chi connectivity index (χ2n) is 9.54. The Bertz CT molecular complexity index is 997. The summed E-state index contributed by atoms with van der Waals surface area (Å²) in [5, 5.41) is 10.8. The summed E-state index contributed by atoms with van der Waals surface area (Å²) in [6.45, 7) is 1.92. The first-order valence-electron chi connectivity index (χ1n) is 10.2. The standard InChI is InChI=1S/C22H26N2O4/c1-14-2-3-18-23-17(5-19(25)24(18)11-14)12-28-20(26)10-21-6-15-4-16(7-21)9-22(27,8-15)13-21/h2-3,5,11,15-16,27H,4,6-10,12-13H2,1H3/t15-,16+,21?,22?. The number of hydrogen-bond donors (Lipinski definition) is 1. The summed E-state index contributed by atoms with van der Waals surface area (Å²) < 4.78 is 6.99. The Morgan fingerprint density at radius 2 is 2.04 bits per heavy atom. The van der Waals surface area contributed by atoms with Crippen LogP contribution >= 0.6 is 0 Å². The first-order chi connectivity index (χ1) is 13.3. The van der Waals surface area contributed by atoms with Crippen LogP contribution < -0.4 is 5.56 Å². The van der Waals surface area contributed by atoms with Crippen LogP contribution in [-0.4, -0.2) is 26.1 Å². The molecule has 6 rings (SSSR count). The Balaban J connectivity index is 1.28. The molecule has 0 spiro atoms. The van der Waals surface area contributed by atoms with Crippen molar-refractivity contribution < 1.29 is 14.6 Å². The number of ether oxygens (including phenoxy) is 1. The van der Waals surface area contributed by atoms with Gasteiger partial charge in [-0.3, -0.25) is 14.0 Å². The van der Waals surface area contributed by atoms with Crippen molar-refractivity contribution in [2.75, 3.05) is 0 Å². The van der Waals surface area contributed by atoms with Gasteiger partial charge in [-0.1, -0.05) is 6.07 Å². The Morgan fingerprint density at radius 1 is 1.29 bits per heavy atom. The number of carbonyl (C=O) groups is 1. The molecule has 1 N–H and O–H groups in total. The molecule has 4 aliphatic carbocycles. The molecule has 4 saturated carbocycles. The molecule has 6 heteroatoms. The Hall–Kier alpha value is -2.21. The minimum absolute atomic E-state index is 0.00561. The molecule has 148 valence electrons. The van der Waals surface area contributed by atoms with Crippen LogP contribution in [0.25, 0.3) is 5.65 Å². The molecule has 4 atom stereocenters. The second-order valence-corrected chi connectivity index (χ2v) is 9.54. The van der Waals surface area contributed by atoms with E-state index in [4.69, 9.17) is 4.74 Å². The number of nitrogens with zero attached hydrogens (tertiary/aromatic N) is 2. The van der Waals surface area contributed by atoms with E-state index in [-0.39, 0.29) is 23.6 Å². The lowest BCUT2D eigenvalue weighted by Crippen LogP contribution is -2.56. The largest absolute Gasteiger partial charge is 0.459 e. The van der Waals surface area contributed by atoms with E-state index >= 15 is 0 Å². The fourth-order valence-corrected chi connectivity index (χ4v) is 6.45. The highest BCUT2D eigenvalue weighted by molar-refractivity contribution is 5.70. The third-order valence-corrected chi connectivity index (χ3v) is 6.91. The summed E-state index contributed by atoms with van der Waals surface area (Å²) in [4.78, 5) is 29.3. The Morgan fingerprint density at radius 3 is 2.75 bits per heavy atom. The normalized spacial score (nSPS) is 33.4. The van der Waals surface area contributed by atoms with E-state index in [1.54, 1.807) is 12.3 Å². The number of rotatable bonds is 4. The molecule has 4 aliphatic rings. The highest BCUT2D eigenvalue weighted by Crippen LogP contribution is 2.62. The van der Waals surface area contributed by atoms with Crippen molar-refractivity contribution in [1.29, 1.82) is 0 Å². The first kappa shape index (κ1) is 17.9. The number of aromatic nitrogens is 2. The summed E-state index contributed by atoms with van der Waals surface area (Å²) in [5.41, 5.74) is 1.13. The van der Waals surface area contributed by atoms with Crippen molar-refractivity contribution >= 4 is 11.6 Å². The van der Waals surface area contributed by atoms with Crippen LogP contribution in [-0.2, 0) is 16.1 Å². The van der Waals surface area contributed by atoms with Gasteiger partial charge < -0.3 is 9.84 Å². The van der Waals surface area contributed by atoms with Gasteiger partial charge in [-0.25, -0.2) is 4.98 Å². The van der Waals surface area contributed by atoms with Crippen LogP contribution in [0.2, 0.25) is 0 Å². The van der Waals surface area contributed by atoms with E-state index in [1.165, 1.54) is 16.9 Å². The van der Waals surface area contributed by atoms with Gasteiger partial charge in [0.25, 0.3) is 5.56 Å². The topological polar surface area (TPSA) is 80.9 Å². The summed E-state index contributed by atoms with van der Waals surface area (Å²) in [6, 6.07) is 5.11. The Kier molecular flexibility index (Phi) is 3.92. The number of carbonyl (C=O) groups excluding carboxylic acids is 1. The first-order valence-corrected chi connectivity index (χ1v) is 10.2. The van der Waals surface area contributed by atoms with Gasteiger partial charge in [0.15, 0.2) is 0 Å². The van der Waals surface area contributed by atoms with E-state index in [0.29, 0.717) is 29.6 Å². The zero-order valence-electron chi connectivity index (χ0n) is 16.2. The summed E-state index contributed by atoms with van der Waals surface area (Å²) in [7, 11) is 0. The van der Waals surface area contributed by atoms with Gasteiger partial charge in [-0.05, 0) is 74.3 Å². The van der Waals surface area contributed by atoms with Crippen LogP contribution in [0.4, 0.5) is 0 Å². The lowest BCUT2D eigenvalue weighted by Gasteiger charge is -2.60. The molecule has 2 aromatic heterocycles. The lowest BCUT2D eigenvalue weighted by molar-refractivity contribution is -0.177. The van der Waals surface area contributed by atoms with Crippen molar-refractivity contribution in [3.8, 4) is 0 Å². The van der Waals surface area contributed by atoms with E-state index in [2.05, 4.69) is 4.98 Å². The van der Waals surface area contributed by atoms with Gasteiger partial charge in [-0.15, -0.1) is 0 Å². The lowest BCUT2D eigenvalue weighted by atomic mass is 9.47. The predicted octanol–water partition coefficient (Wildman–Crippen LogP) is 2.77. The number of aliphatic hydroxyl groups is 1. The number of fused-ring (bicyclic) bond motifs is 1. The van der Waals surface area contributed by atoms with Gasteiger partial charge >= 0.3 is 5.97 Å². The molecule has 0 amide bonds. The summed E-state index contributed by atoms with van der Waals surface area (Å²) in [5.74, 6) is 0.839. The molecule has 2 heterocycles. The van der Waals surface area contributed by atoms with E-state index in [1.807, 2.05) is 13.0 Å². The molecule has 0 saturated heterocycles. The van der Waals surface area contributed by atoms with Gasteiger partial charge in [0.1, 0.15) is 12.3 Å². The highest BCUT2D eigenvalue weighted by atomic mass is 16.5. The molecule has 4 bridgehead atoms. The predicted molar refractivity (Wildman–Crippen MR) is 103 cm³/mol. The average molecular weight is 382 g/mol. The molecule has 0 radical (unpaired) electrons. The van der Waals surface area contributed by atoms with E-state index in [0.717, 1.165) is 37.7 Å². The van der Waals surface area contributed by atoms with Crippen LogP contribution in [0.3, 0.4) is 0 Å². The summed E-state index contributed by atoms with van der Waals surface area (Å²) >= 11 is 0. The fourth-order valence-electron chi connectivity index (χ4n) is 6.45. The average Bonchev–Trinajstić information content (AvgIpc) is 2.58. The highest BCUT2D eigenvalue weighted by Gasteiger charge is 2.57. The number of pyridine rings is 1. The molecule has 4 fully saturated rings. The van der Waals surface area contributed by atoms with Crippen LogP contribution in [0, 0.1) is 24.2 Å². The van der Waals surface area contributed by atoms with Crippen LogP contribution in [0.5, 0.6) is 0 Å². The maximum atomic E-state index is 12.6. The van der Waals surface area contributed by atoms with Crippen LogP contribution in [0.1, 0.15) is 56.2 Å². The van der Waals surface area contributed by atoms with Crippen molar-refractivity contribution in [2.45, 2.75) is 64.1 Å².